The fraction of sp³-hybridized carbons (Fsp3) is 0.375. The molecule has 2 amide bonds. The standard InChI is InChI=1S/C16H23N3O2/c1-4-19(11-15(20)18-12(2)3)16(21)10-7-13-5-8-14(17)9-6-13/h5-10,12H,4,11,17H2,1-3H3,(H,18,20)/b10-7+. The summed E-state index contributed by atoms with van der Waals surface area (Å²) in [6.07, 6.45) is 3.18. The van der Waals surface area contributed by atoms with Gasteiger partial charge in [0.15, 0.2) is 0 Å². The lowest BCUT2D eigenvalue weighted by atomic mass is 10.2. The minimum absolute atomic E-state index is 0.0663. The summed E-state index contributed by atoms with van der Waals surface area (Å²) >= 11 is 0. The molecule has 0 radical (unpaired) electrons. The molecular formula is C16H23N3O2. The van der Waals surface area contributed by atoms with E-state index in [-0.39, 0.29) is 24.4 Å². The smallest absolute Gasteiger partial charge is 0.247 e. The van der Waals surface area contributed by atoms with Gasteiger partial charge >= 0.3 is 0 Å². The van der Waals surface area contributed by atoms with Crippen LogP contribution < -0.4 is 11.1 Å². The molecule has 3 N–H and O–H groups in total. The van der Waals surface area contributed by atoms with Crippen molar-refractivity contribution in [1.82, 2.24) is 10.2 Å². The number of nitrogens with one attached hydrogen (secondary N) is 1. The van der Waals surface area contributed by atoms with Crippen LogP contribution in [0.1, 0.15) is 26.3 Å². The molecule has 0 saturated heterocycles. The van der Waals surface area contributed by atoms with Crippen molar-refractivity contribution in [3.8, 4) is 0 Å². The van der Waals surface area contributed by atoms with Crippen molar-refractivity contribution in [2.75, 3.05) is 18.8 Å². The molecule has 0 bridgehead atoms. The number of nitrogens with two attached hydrogens (primary N) is 1. The first-order chi connectivity index (χ1) is 9.92. The van der Waals surface area contributed by atoms with Gasteiger partial charge in [-0.1, -0.05) is 12.1 Å². The van der Waals surface area contributed by atoms with Crippen molar-refractivity contribution < 1.29 is 9.59 Å². The monoisotopic (exact) mass is 289 g/mol. The van der Waals surface area contributed by atoms with Crippen LogP contribution in [0.15, 0.2) is 30.3 Å². The minimum Gasteiger partial charge on any atom is -0.399 e. The Balaban J connectivity index is 2.62. The maximum absolute atomic E-state index is 12.1. The number of benzene rings is 1. The number of carbonyl (C=O) groups excluding carboxylic acids is 2. The number of likely N-dealkylation sites (N-methyl/N-ethyl adjacent to an activating group) is 1. The van der Waals surface area contributed by atoms with Crippen molar-refractivity contribution in [2.45, 2.75) is 26.8 Å². The van der Waals surface area contributed by atoms with E-state index < -0.39 is 0 Å². The van der Waals surface area contributed by atoms with Crippen LogP contribution in [0.2, 0.25) is 0 Å². The number of nitrogen functional groups attached to an aromatic ring is 1. The highest BCUT2D eigenvalue weighted by Gasteiger charge is 2.13. The summed E-state index contributed by atoms with van der Waals surface area (Å²) in [5, 5.41) is 2.77. The van der Waals surface area contributed by atoms with Crippen LogP contribution in [0.25, 0.3) is 6.08 Å². The largest absolute Gasteiger partial charge is 0.399 e. The van der Waals surface area contributed by atoms with Gasteiger partial charge in [-0.25, -0.2) is 0 Å². The maximum atomic E-state index is 12.1. The highest BCUT2D eigenvalue weighted by atomic mass is 16.2. The molecule has 0 aliphatic rings. The first-order valence-electron chi connectivity index (χ1n) is 7.04. The molecule has 0 aliphatic heterocycles. The molecule has 21 heavy (non-hydrogen) atoms. The van der Waals surface area contributed by atoms with Crippen LogP contribution in [0.3, 0.4) is 0 Å². The number of nitrogens with zero attached hydrogens (tertiary/aromatic N) is 1. The molecule has 0 spiro atoms. The molecule has 1 aromatic rings. The summed E-state index contributed by atoms with van der Waals surface area (Å²) in [7, 11) is 0. The van der Waals surface area contributed by atoms with Crippen molar-refractivity contribution in [3.05, 3.63) is 35.9 Å². The van der Waals surface area contributed by atoms with Crippen LogP contribution in [-0.2, 0) is 9.59 Å². The van der Waals surface area contributed by atoms with E-state index in [4.69, 9.17) is 5.73 Å². The molecule has 1 rings (SSSR count). The first-order valence-corrected chi connectivity index (χ1v) is 7.04. The van der Waals surface area contributed by atoms with Crippen molar-refractivity contribution in [2.24, 2.45) is 0 Å². The minimum atomic E-state index is -0.187. The summed E-state index contributed by atoms with van der Waals surface area (Å²) < 4.78 is 0. The van der Waals surface area contributed by atoms with Gasteiger partial charge in [-0.3, -0.25) is 9.59 Å². The second-order valence-electron chi connectivity index (χ2n) is 5.07. The summed E-state index contributed by atoms with van der Waals surface area (Å²) in [6, 6.07) is 7.29. The van der Waals surface area contributed by atoms with E-state index in [9.17, 15) is 9.59 Å². The Hall–Kier alpha value is -2.30. The van der Waals surface area contributed by atoms with Crippen molar-refractivity contribution in [3.63, 3.8) is 0 Å². The SMILES string of the molecule is CCN(CC(=O)NC(C)C)C(=O)/C=C/c1ccc(N)cc1. The molecule has 0 aliphatic carbocycles. The Morgan fingerprint density at radius 1 is 1.29 bits per heavy atom. The van der Waals surface area contributed by atoms with Gasteiger partial charge in [0.1, 0.15) is 0 Å². The molecule has 114 valence electrons. The molecule has 5 nitrogen and oxygen atoms in total. The predicted octanol–water partition coefficient (Wildman–Crippen LogP) is 1.66. The first kappa shape index (κ1) is 16.8. The molecule has 0 atom stereocenters. The van der Waals surface area contributed by atoms with Gasteiger partial charge in [0, 0.05) is 24.4 Å². The summed E-state index contributed by atoms with van der Waals surface area (Å²) in [6.45, 7) is 6.17. The summed E-state index contributed by atoms with van der Waals surface area (Å²) in [5.41, 5.74) is 7.17. The quantitative estimate of drug-likeness (QED) is 0.617. The third-order valence-electron chi connectivity index (χ3n) is 2.83. The Kier molecular flexibility index (Phi) is 6.46. The van der Waals surface area contributed by atoms with Gasteiger partial charge in [0.25, 0.3) is 0 Å². The van der Waals surface area contributed by atoms with Gasteiger partial charge in [0.05, 0.1) is 6.54 Å². The molecular weight excluding hydrogens is 266 g/mol. The van der Waals surface area contributed by atoms with E-state index in [0.29, 0.717) is 12.2 Å². The van der Waals surface area contributed by atoms with Gasteiger partial charge in [-0.15, -0.1) is 0 Å². The van der Waals surface area contributed by atoms with Crippen LogP contribution in [0, 0.1) is 0 Å². The second-order valence-corrected chi connectivity index (χ2v) is 5.07. The Morgan fingerprint density at radius 3 is 2.43 bits per heavy atom. The number of hydrogen-bond donors (Lipinski definition) is 2. The Morgan fingerprint density at radius 2 is 1.90 bits per heavy atom. The number of amides is 2. The molecule has 0 fully saturated rings. The second kappa shape index (κ2) is 8.09. The van der Waals surface area contributed by atoms with E-state index in [1.54, 1.807) is 18.2 Å². The third kappa shape index (κ3) is 6.12. The predicted molar refractivity (Wildman–Crippen MR) is 85.4 cm³/mol. The number of carbonyl (C=O) groups is 2. The highest BCUT2D eigenvalue weighted by Crippen LogP contribution is 2.07. The maximum Gasteiger partial charge on any atom is 0.247 e. The van der Waals surface area contributed by atoms with Gasteiger partial charge in [-0.2, -0.15) is 0 Å². The Labute approximate surface area is 125 Å². The van der Waals surface area contributed by atoms with Crippen molar-refractivity contribution >= 4 is 23.6 Å². The fourth-order valence-electron chi connectivity index (χ4n) is 1.77. The van der Waals surface area contributed by atoms with Gasteiger partial charge < -0.3 is 16.0 Å². The van der Waals surface area contributed by atoms with E-state index in [1.165, 1.54) is 11.0 Å². The zero-order chi connectivity index (χ0) is 15.8. The van der Waals surface area contributed by atoms with E-state index in [1.807, 2.05) is 32.9 Å². The van der Waals surface area contributed by atoms with Crippen molar-refractivity contribution in [1.29, 1.82) is 0 Å². The lowest BCUT2D eigenvalue weighted by Crippen LogP contribution is -2.42. The van der Waals surface area contributed by atoms with E-state index >= 15 is 0 Å². The normalized spacial score (nSPS) is 10.9. The summed E-state index contributed by atoms with van der Waals surface area (Å²) in [5.74, 6) is -0.339. The molecule has 0 unspecified atom stereocenters. The number of anilines is 1. The van der Waals surface area contributed by atoms with Crippen LogP contribution in [-0.4, -0.2) is 35.8 Å². The molecule has 5 heteroatoms. The molecule has 0 heterocycles. The fourth-order valence-corrected chi connectivity index (χ4v) is 1.77. The molecule has 1 aromatic carbocycles. The Bertz CT molecular complexity index is 507. The molecule has 0 aromatic heterocycles. The van der Waals surface area contributed by atoms with Gasteiger partial charge in [0.2, 0.25) is 11.8 Å². The molecule has 0 saturated carbocycles. The van der Waals surface area contributed by atoms with Gasteiger partial charge in [-0.05, 0) is 44.5 Å². The van der Waals surface area contributed by atoms with Crippen LogP contribution in [0.4, 0.5) is 5.69 Å². The lowest BCUT2D eigenvalue weighted by molar-refractivity contribution is -0.132. The average molecular weight is 289 g/mol. The van der Waals surface area contributed by atoms with E-state index in [0.717, 1.165) is 5.56 Å². The highest BCUT2D eigenvalue weighted by molar-refractivity contribution is 5.94. The lowest BCUT2D eigenvalue weighted by Gasteiger charge is -2.19. The number of rotatable bonds is 6. The van der Waals surface area contributed by atoms with Crippen LogP contribution in [0.5, 0.6) is 0 Å². The average Bonchev–Trinajstić information content (AvgIpc) is 2.43. The van der Waals surface area contributed by atoms with Crippen LogP contribution >= 0.6 is 0 Å². The summed E-state index contributed by atoms with van der Waals surface area (Å²) in [4.78, 5) is 25.3. The van der Waals surface area contributed by atoms with E-state index in [2.05, 4.69) is 5.32 Å². The zero-order valence-electron chi connectivity index (χ0n) is 12.8. The zero-order valence-corrected chi connectivity index (χ0v) is 12.8. The number of hydrogen-bond acceptors (Lipinski definition) is 3. The topological polar surface area (TPSA) is 75.4 Å². The third-order valence-corrected chi connectivity index (χ3v) is 2.83.